The Bertz CT molecular complexity index is 7070. The molecule has 0 spiro atoms. The Labute approximate surface area is 767 Å². The minimum atomic E-state index is -2.02. The Morgan fingerprint density at radius 1 is 0.188 bits per heavy atom. The smallest absolute Gasteiger partial charge is 0.252 e. The van der Waals surface area contributed by atoms with Gasteiger partial charge in [0.15, 0.2) is 0 Å². The number of nitrogens with zero attached hydrogens (tertiary/aromatic N) is 6. The molecule has 0 bridgehead atoms. The second kappa shape index (κ2) is 29.7. The molecule has 0 N–H and O–H groups in total. The number of rotatable bonds is 14. The molecule has 0 fully saturated rings. The van der Waals surface area contributed by atoms with E-state index in [1.807, 2.05) is 0 Å². The summed E-state index contributed by atoms with van der Waals surface area (Å²) in [5.41, 5.74) is 44.2. The van der Waals surface area contributed by atoms with Crippen LogP contribution in [-0.4, -0.2) is 60.5 Å². The summed E-state index contributed by atoms with van der Waals surface area (Å²) in [6, 6.07) is 119. The highest BCUT2D eigenvalue weighted by molar-refractivity contribution is 7.03. The van der Waals surface area contributed by atoms with Crippen molar-refractivity contribution in [2.24, 2.45) is 0 Å². The molecule has 128 heavy (non-hydrogen) atoms. The molecule has 0 saturated heterocycles. The van der Waals surface area contributed by atoms with Crippen molar-refractivity contribution in [1.82, 2.24) is 0 Å². The maximum absolute atomic E-state index is 2.79. The van der Waals surface area contributed by atoms with E-state index in [2.05, 4.69) is 474 Å². The summed E-state index contributed by atoms with van der Waals surface area (Å²) in [5, 5.41) is 7.23. The summed E-state index contributed by atoms with van der Waals surface area (Å²) in [7, 11) is -9.40. The largest absolute Gasteiger partial charge is 0.311 e. The van der Waals surface area contributed by atoms with E-state index in [1.165, 1.54) is 205 Å². The van der Waals surface area contributed by atoms with Crippen molar-refractivity contribution >= 4 is 238 Å². The van der Waals surface area contributed by atoms with E-state index in [4.69, 9.17) is 0 Å². The van der Waals surface area contributed by atoms with E-state index >= 15 is 0 Å². The van der Waals surface area contributed by atoms with Gasteiger partial charge in [0.05, 0.1) is 40.4 Å². The number of fused-ring (bicyclic) bond motifs is 12. The van der Waals surface area contributed by atoms with Gasteiger partial charge in [-0.25, -0.2) is 0 Å². The standard InChI is InChI=1S/C114H117B3N6Si5/c1-72-24-34-79(35-25-72)118-99-57-30-75(4)66-93(99)115-96-69-78(7)33-60-103(96)123(84-44-50-87(51-45-84)126(15,16)17)112-91(54-63-105(118)108(112)115)114(8,90-55-64-106-109-111(90)121(82-36-26-73(2)27-37-82)102-59-32-77(6)68-95(102)116(109)94-67-76(5)31-58-100(94)119(106)80-40-46-85(47-41-80)124(9,10)11)92-56-65-107-110-113(92)122(83-38-28-74(3)29-39-83)104-62-53-89(128(21,22)23)71-98(104)117(110)97-70-88(127(18,19)20)52-61-101(97)120(107)81-42-48-86(49-43-81)125(12,13)14/h24-71H,1-23H3. The molecule has 0 radical (unpaired) electrons. The summed E-state index contributed by atoms with van der Waals surface area (Å²) < 4.78 is 0. The first kappa shape index (κ1) is 83.3. The molecule has 0 amide bonds. The zero-order valence-corrected chi connectivity index (χ0v) is 84.1. The predicted octanol–water partition coefficient (Wildman–Crippen LogP) is 22.2. The molecule has 6 aliphatic rings. The van der Waals surface area contributed by atoms with Gasteiger partial charge in [0.2, 0.25) is 0 Å². The lowest BCUT2D eigenvalue weighted by atomic mass is 9.32. The molecular weight excluding hydrogens is 1630 g/mol. The molecule has 6 aliphatic heterocycles. The molecule has 14 heteroatoms. The minimum Gasteiger partial charge on any atom is -0.311 e. The van der Waals surface area contributed by atoms with Gasteiger partial charge >= 0.3 is 0 Å². The number of hydrogen-bond donors (Lipinski definition) is 0. The van der Waals surface area contributed by atoms with E-state index in [0.717, 1.165) is 28.4 Å². The monoisotopic (exact) mass is 1740 g/mol. The van der Waals surface area contributed by atoms with Crippen LogP contribution >= 0.6 is 0 Å². The first-order chi connectivity index (χ1) is 60.9. The average Bonchev–Trinajstić information content (AvgIpc) is 0.669. The summed E-state index contributed by atoms with van der Waals surface area (Å²) >= 11 is 0. The molecular formula is C114H117B3N6Si5. The van der Waals surface area contributed by atoms with Crippen molar-refractivity contribution in [1.29, 1.82) is 0 Å². The number of benzene rings is 15. The van der Waals surface area contributed by atoms with Crippen molar-refractivity contribution in [3.05, 3.63) is 347 Å². The number of hydrogen-bond acceptors (Lipinski definition) is 6. The molecule has 21 rings (SSSR count). The van der Waals surface area contributed by atoms with Crippen LogP contribution in [0.2, 0.25) is 98.2 Å². The van der Waals surface area contributed by atoms with Gasteiger partial charge in [0.1, 0.15) is 0 Å². The van der Waals surface area contributed by atoms with Gasteiger partial charge in [0.25, 0.3) is 20.1 Å². The van der Waals surface area contributed by atoms with Crippen LogP contribution in [0.4, 0.5) is 102 Å². The second-order valence-electron chi connectivity index (χ2n) is 43.3. The highest BCUT2D eigenvalue weighted by Crippen LogP contribution is 2.59. The van der Waals surface area contributed by atoms with Crippen LogP contribution in [0.1, 0.15) is 62.6 Å². The summed E-state index contributed by atoms with van der Waals surface area (Å²) in [6.45, 7) is 55.7. The van der Waals surface area contributed by atoms with Gasteiger partial charge in [-0.1, -0.05) is 327 Å². The van der Waals surface area contributed by atoms with Crippen molar-refractivity contribution in [3.63, 3.8) is 0 Å². The van der Waals surface area contributed by atoms with E-state index < -0.39 is 45.8 Å². The Morgan fingerprint density at radius 2 is 0.367 bits per heavy atom. The maximum atomic E-state index is 2.79. The Kier molecular flexibility index (Phi) is 19.3. The average molecular weight is 1740 g/mol. The van der Waals surface area contributed by atoms with Gasteiger partial charge in [-0.2, -0.15) is 0 Å². The Morgan fingerprint density at radius 3 is 0.602 bits per heavy atom. The summed E-state index contributed by atoms with van der Waals surface area (Å²) in [4.78, 5) is 16.3. The first-order valence-electron chi connectivity index (χ1n) is 46.5. The minimum absolute atomic E-state index is 0.194. The van der Waals surface area contributed by atoms with Gasteiger partial charge in [-0.3, -0.25) is 0 Å². The lowest BCUT2D eigenvalue weighted by Crippen LogP contribution is -2.64. The maximum Gasteiger partial charge on any atom is 0.252 e. The SMILES string of the molecule is Cc1ccc(N2c3ccc(C)cc3B3c4cc(C)ccc4N(c4ccc([Si](C)(C)C)cc4)c4c(C(C)(c5ccc6c7c5N(c5ccc(C)cc5)c5ccc(C)cc5B7c5cc(C)ccc5N6c5ccc([Si](C)(C)C)cc5)c5ccc6c7c5N(c5ccc(C)cc5)c5ccc([Si](C)(C)C)cc5B7c5cc([Si](C)(C)C)ccc5N6c5ccc([Si](C)(C)C)cc5)ccc2c43)cc1. The first-order valence-corrected chi connectivity index (χ1v) is 64.0. The fourth-order valence-electron chi connectivity index (χ4n) is 22.2. The van der Waals surface area contributed by atoms with Gasteiger partial charge in [-0.05, 0) is 249 Å². The molecule has 6 heterocycles. The van der Waals surface area contributed by atoms with Gasteiger partial charge < -0.3 is 29.4 Å². The molecule has 15 aromatic carbocycles. The van der Waals surface area contributed by atoms with Gasteiger partial charge in [0, 0.05) is 108 Å². The van der Waals surface area contributed by atoms with Crippen molar-refractivity contribution in [3.8, 4) is 0 Å². The molecule has 1 atom stereocenters. The normalized spacial score (nSPS) is 14.6. The third-order valence-electron chi connectivity index (χ3n) is 29.1. The van der Waals surface area contributed by atoms with E-state index in [0.29, 0.717) is 0 Å². The van der Waals surface area contributed by atoms with Crippen LogP contribution in [0.3, 0.4) is 0 Å². The van der Waals surface area contributed by atoms with Crippen LogP contribution in [0.15, 0.2) is 291 Å². The zero-order chi connectivity index (χ0) is 89.4. The second-order valence-corrected chi connectivity index (χ2v) is 68.7. The van der Waals surface area contributed by atoms with Crippen molar-refractivity contribution in [2.45, 2.75) is 159 Å². The van der Waals surface area contributed by atoms with Crippen molar-refractivity contribution in [2.75, 3.05) is 29.4 Å². The number of anilines is 18. The zero-order valence-electron chi connectivity index (χ0n) is 79.1. The van der Waals surface area contributed by atoms with Crippen LogP contribution in [0, 0.1) is 48.5 Å². The lowest BCUT2D eigenvalue weighted by molar-refractivity contribution is 0.694. The quantitative estimate of drug-likeness (QED) is 0.0793. The molecule has 0 saturated carbocycles. The highest BCUT2D eigenvalue weighted by atomic mass is 28.3. The third kappa shape index (κ3) is 13.2. The summed E-state index contributed by atoms with van der Waals surface area (Å²) in [6.07, 6.45) is 0. The Balaban J connectivity index is 1.00. The lowest BCUT2D eigenvalue weighted by Gasteiger charge is -2.51. The molecule has 0 aromatic heterocycles. The fraction of sp³-hybridized carbons (Fsp3) is 0.211. The van der Waals surface area contributed by atoms with Crippen LogP contribution < -0.4 is 104 Å². The van der Waals surface area contributed by atoms with E-state index in [9.17, 15) is 0 Å². The van der Waals surface area contributed by atoms with Crippen molar-refractivity contribution < 1.29 is 0 Å². The number of aryl methyl sites for hydroxylation is 7. The van der Waals surface area contributed by atoms with E-state index in [-0.39, 0.29) is 20.1 Å². The fourth-order valence-corrected chi connectivity index (χ4v) is 28.0. The summed E-state index contributed by atoms with van der Waals surface area (Å²) in [5.74, 6) is 0. The van der Waals surface area contributed by atoms with Crippen LogP contribution in [-0.2, 0) is 5.41 Å². The third-order valence-corrected chi connectivity index (χ3v) is 39.4. The molecule has 632 valence electrons. The van der Waals surface area contributed by atoms with E-state index in [1.54, 1.807) is 0 Å². The van der Waals surface area contributed by atoms with Crippen LogP contribution in [0.5, 0.6) is 0 Å². The molecule has 6 nitrogen and oxygen atoms in total. The molecule has 0 aliphatic carbocycles. The van der Waals surface area contributed by atoms with Gasteiger partial charge in [-0.15, -0.1) is 0 Å². The topological polar surface area (TPSA) is 19.4 Å². The predicted molar refractivity (Wildman–Crippen MR) is 575 cm³/mol. The highest BCUT2D eigenvalue weighted by Gasteiger charge is 2.55. The van der Waals surface area contributed by atoms with Crippen LogP contribution in [0.25, 0.3) is 0 Å². The molecule has 15 aromatic rings. The Hall–Kier alpha value is -11.6. The molecule has 1 unspecified atom stereocenters.